The fourth-order valence-electron chi connectivity index (χ4n) is 6.24. The second-order valence-electron chi connectivity index (χ2n) is 12.1. The summed E-state index contributed by atoms with van der Waals surface area (Å²) in [6, 6.07) is 4.22. The summed E-state index contributed by atoms with van der Waals surface area (Å²) in [5, 5.41) is 21.9. The lowest BCUT2D eigenvalue weighted by Crippen LogP contribution is -2.62. The Morgan fingerprint density at radius 3 is 2.63 bits per heavy atom. The first-order chi connectivity index (χ1) is 19.6. The second-order valence-corrected chi connectivity index (χ2v) is 12.1. The van der Waals surface area contributed by atoms with E-state index in [1.165, 1.54) is 24.5 Å². The van der Waals surface area contributed by atoms with Crippen molar-refractivity contribution in [1.29, 1.82) is 0 Å². The summed E-state index contributed by atoms with van der Waals surface area (Å²) in [6.45, 7) is 17.7. The topological polar surface area (TPSA) is 107 Å². The lowest BCUT2D eigenvalue weighted by Gasteiger charge is -2.53. The Balaban J connectivity index is 1.47. The SMILES string of the molecule is CCNCC(O)CC(C(C)C)N1CC2(CCN(c3ncnnc3Oc3ccc(F)cc3C(=O)N(CC)C(C)C)C2)C1. The van der Waals surface area contributed by atoms with Gasteiger partial charge < -0.3 is 25.0 Å². The third-order valence-corrected chi connectivity index (χ3v) is 8.37. The van der Waals surface area contributed by atoms with Gasteiger partial charge in [0.1, 0.15) is 17.9 Å². The minimum absolute atomic E-state index is 0.0493. The van der Waals surface area contributed by atoms with Crippen molar-refractivity contribution in [2.45, 2.75) is 72.6 Å². The molecule has 2 unspecified atom stereocenters. The molecule has 2 fully saturated rings. The molecule has 3 heterocycles. The van der Waals surface area contributed by atoms with Crippen molar-refractivity contribution in [3.63, 3.8) is 0 Å². The average Bonchev–Trinajstić information content (AvgIpc) is 3.37. The van der Waals surface area contributed by atoms with Crippen LogP contribution in [0.3, 0.4) is 0 Å². The molecule has 0 radical (unpaired) electrons. The molecule has 41 heavy (non-hydrogen) atoms. The Morgan fingerprint density at radius 2 is 1.98 bits per heavy atom. The molecule has 1 aromatic carbocycles. The van der Waals surface area contributed by atoms with Gasteiger partial charge in [0.05, 0.1) is 11.7 Å². The number of likely N-dealkylation sites (tertiary alicyclic amines) is 1. The van der Waals surface area contributed by atoms with E-state index in [1.54, 1.807) is 4.90 Å². The van der Waals surface area contributed by atoms with Crippen molar-refractivity contribution in [3.05, 3.63) is 35.9 Å². The van der Waals surface area contributed by atoms with Gasteiger partial charge in [0.2, 0.25) is 0 Å². The number of nitrogens with zero attached hydrogens (tertiary/aromatic N) is 6. The Morgan fingerprint density at radius 1 is 1.22 bits per heavy atom. The Labute approximate surface area is 243 Å². The average molecular weight is 572 g/mol. The minimum atomic E-state index is -0.511. The number of ether oxygens (including phenoxy) is 1. The van der Waals surface area contributed by atoms with E-state index in [4.69, 9.17) is 4.74 Å². The van der Waals surface area contributed by atoms with Crippen molar-refractivity contribution in [2.24, 2.45) is 11.3 Å². The number of aliphatic hydroxyl groups is 1. The van der Waals surface area contributed by atoms with E-state index in [0.29, 0.717) is 30.9 Å². The summed E-state index contributed by atoms with van der Waals surface area (Å²) in [5.74, 6) is 0.609. The zero-order valence-corrected chi connectivity index (χ0v) is 25.3. The molecule has 2 saturated heterocycles. The predicted molar refractivity (Wildman–Crippen MR) is 157 cm³/mol. The lowest BCUT2D eigenvalue weighted by molar-refractivity contribution is -0.0457. The first-order valence-electron chi connectivity index (χ1n) is 14.9. The van der Waals surface area contributed by atoms with Gasteiger partial charge in [-0.15, -0.1) is 10.2 Å². The quantitative estimate of drug-likeness (QED) is 0.373. The van der Waals surface area contributed by atoms with Crippen molar-refractivity contribution in [1.82, 2.24) is 30.3 Å². The number of benzene rings is 1. The fraction of sp³-hybridized carbons (Fsp3) is 0.667. The van der Waals surface area contributed by atoms with Gasteiger partial charge in [-0.25, -0.2) is 9.37 Å². The number of likely N-dealkylation sites (N-methyl/N-ethyl adjacent to an activating group) is 1. The Hall–Kier alpha value is -2.89. The van der Waals surface area contributed by atoms with Crippen LogP contribution in [0.1, 0.15) is 64.7 Å². The number of hydrogen-bond donors (Lipinski definition) is 2. The van der Waals surface area contributed by atoms with Crippen LogP contribution < -0.4 is 15.0 Å². The zero-order valence-electron chi connectivity index (χ0n) is 25.3. The van der Waals surface area contributed by atoms with Gasteiger partial charge in [-0.1, -0.05) is 20.8 Å². The molecular formula is C30H46FN7O3. The first kappa shape index (κ1) is 31.1. The summed E-state index contributed by atoms with van der Waals surface area (Å²) in [4.78, 5) is 24.1. The highest BCUT2D eigenvalue weighted by atomic mass is 19.1. The highest BCUT2D eigenvalue weighted by molar-refractivity contribution is 5.97. The number of nitrogens with one attached hydrogen (secondary N) is 1. The maximum absolute atomic E-state index is 14.2. The van der Waals surface area contributed by atoms with Crippen LogP contribution in [0.25, 0.3) is 0 Å². The number of hydrogen-bond acceptors (Lipinski definition) is 9. The monoisotopic (exact) mass is 571 g/mol. The molecule has 2 aromatic rings. The number of carbonyl (C=O) groups excluding carboxylic acids is 1. The maximum Gasteiger partial charge on any atom is 0.282 e. The molecular weight excluding hydrogens is 525 g/mol. The van der Waals surface area contributed by atoms with Crippen LogP contribution >= 0.6 is 0 Å². The van der Waals surface area contributed by atoms with E-state index in [1.807, 2.05) is 27.7 Å². The lowest BCUT2D eigenvalue weighted by atomic mass is 9.76. The van der Waals surface area contributed by atoms with E-state index < -0.39 is 5.82 Å². The molecule has 226 valence electrons. The molecule has 0 saturated carbocycles. The summed E-state index contributed by atoms with van der Waals surface area (Å²) in [5.41, 5.74) is 0.276. The molecule has 0 bridgehead atoms. The van der Waals surface area contributed by atoms with Gasteiger partial charge in [-0.3, -0.25) is 9.69 Å². The number of carbonyl (C=O) groups is 1. The minimum Gasteiger partial charge on any atom is -0.434 e. The number of aliphatic hydroxyl groups excluding tert-OH is 1. The van der Waals surface area contributed by atoms with Gasteiger partial charge in [0, 0.05) is 56.8 Å². The van der Waals surface area contributed by atoms with Gasteiger partial charge in [0.25, 0.3) is 11.8 Å². The van der Waals surface area contributed by atoms with Crippen molar-refractivity contribution in [3.8, 4) is 11.6 Å². The molecule has 11 heteroatoms. The van der Waals surface area contributed by atoms with Crippen molar-refractivity contribution < 1.29 is 19.0 Å². The first-order valence-corrected chi connectivity index (χ1v) is 14.9. The molecule has 0 aliphatic carbocycles. The molecule has 2 aliphatic heterocycles. The van der Waals surface area contributed by atoms with Gasteiger partial charge in [0.15, 0.2) is 5.82 Å². The van der Waals surface area contributed by atoms with Gasteiger partial charge >= 0.3 is 0 Å². The van der Waals surface area contributed by atoms with Crippen LogP contribution in [0.15, 0.2) is 24.5 Å². The van der Waals surface area contributed by atoms with E-state index in [2.05, 4.69) is 44.1 Å². The third kappa shape index (κ3) is 7.13. The van der Waals surface area contributed by atoms with Crippen LogP contribution in [0.2, 0.25) is 0 Å². The summed E-state index contributed by atoms with van der Waals surface area (Å²) >= 11 is 0. The Bertz CT molecular complexity index is 1170. The van der Waals surface area contributed by atoms with Crippen molar-refractivity contribution >= 4 is 11.7 Å². The molecule has 1 spiro atoms. The van der Waals surface area contributed by atoms with E-state index >= 15 is 0 Å². The molecule has 1 aromatic heterocycles. The number of amides is 1. The van der Waals surface area contributed by atoms with E-state index in [9.17, 15) is 14.3 Å². The molecule has 2 aliphatic rings. The van der Waals surface area contributed by atoms with E-state index in [0.717, 1.165) is 45.6 Å². The highest BCUT2D eigenvalue weighted by Gasteiger charge is 2.50. The molecule has 10 nitrogen and oxygen atoms in total. The number of anilines is 1. The van der Waals surface area contributed by atoms with Crippen LogP contribution in [0, 0.1) is 17.2 Å². The molecule has 1 amide bonds. The zero-order chi connectivity index (χ0) is 29.7. The number of rotatable bonds is 13. The summed E-state index contributed by atoms with van der Waals surface area (Å²) < 4.78 is 20.4. The summed E-state index contributed by atoms with van der Waals surface area (Å²) in [6.07, 6.45) is 2.80. The van der Waals surface area contributed by atoms with Gasteiger partial charge in [-0.2, -0.15) is 0 Å². The fourth-order valence-corrected chi connectivity index (χ4v) is 6.24. The normalized spacial score (nSPS) is 18.1. The Kier molecular flexibility index (Phi) is 10.1. The van der Waals surface area contributed by atoms with Crippen LogP contribution in [0.5, 0.6) is 11.6 Å². The smallest absolute Gasteiger partial charge is 0.282 e. The van der Waals surface area contributed by atoms with E-state index in [-0.39, 0.29) is 40.7 Å². The third-order valence-electron chi connectivity index (χ3n) is 8.37. The van der Waals surface area contributed by atoms with Crippen LogP contribution in [0.4, 0.5) is 10.2 Å². The van der Waals surface area contributed by atoms with Crippen LogP contribution in [-0.4, -0.2) is 100.0 Å². The largest absolute Gasteiger partial charge is 0.434 e. The maximum atomic E-state index is 14.2. The summed E-state index contributed by atoms with van der Waals surface area (Å²) in [7, 11) is 0. The second kappa shape index (κ2) is 13.4. The number of aromatic nitrogens is 3. The predicted octanol–water partition coefficient (Wildman–Crippen LogP) is 3.57. The number of halogens is 1. The molecule has 2 N–H and O–H groups in total. The standard InChI is InChI=1S/C30H46FN7O3/c1-7-32-15-23(39)14-25(20(3)4)37-17-30(18-37)11-12-36(16-30)27-28(35-34-19-33-27)41-26-10-9-22(31)13-24(26)29(40)38(8-2)21(5)6/h9-10,13,19-21,23,25,32,39H,7-8,11-12,14-18H2,1-6H3. The van der Waals surface area contributed by atoms with Crippen LogP contribution in [-0.2, 0) is 0 Å². The molecule has 2 atom stereocenters. The highest BCUT2D eigenvalue weighted by Crippen LogP contribution is 2.44. The van der Waals surface area contributed by atoms with Crippen molar-refractivity contribution in [2.75, 3.05) is 50.7 Å². The molecule has 4 rings (SSSR count). The van der Waals surface area contributed by atoms with Gasteiger partial charge in [-0.05, 0) is 64.3 Å².